The third-order valence-corrected chi connectivity index (χ3v) is 2.25. The molecule has 0 fully saturated rings. The molecule has 0 heterocycles. The number of aliphatic hydroxyl groups is 1. The average Bonchev–Trinajstić information content (AvgIpc) is 2.14. The van der Waals surface area contributed by atoms with E-state index < -0.39 is 56.6 Å². The van der Waals surface area contributed by atoms with E-state index in [1.807, 2.05) is 0 Å². The van der Waals surface area contributed by atoms with Crippen molar-refractivity contribution in [3.8, 4) is 0 Å². The standard InChI is InChI=1S/C6H8O7.5Na.H2O4S2/c7-3(8)1-6(13,5(11)12)2-4(9)10;;;;;;1-5(2)6(3)4/h13H,1-2H2,(H,7,8)(H,9,10)(H,11,12);;;;;;(H,1,2)(H,3,4)/q;5*+1;/p-5. The van der Waals surface area contributed by atoms with Crippen LogP contribution in [0.3, 0.4) is 0 Å². The fourth-order valence-corrected chi connectivity index (χ4v) is 0.684. The van der Waals surface area contributed by atoms with Gasteiger partial charge in [-0.1, -0.05) is 0 Å². The molecule has 0 aromatic rings. The molecule has 2 unspecified atom stereocenters. The first-order valence-corrected chi connectivity index (χ1v) is 6.61. The van der Waals surface area contributed by atoms with Crippen LogP contribution < -0.4 is 163 Å². The summed E-state index contributed by atoms with van der Waals surface area (Å²) in [5.74, 6) is -5.98. The van der Waals surface area contributed by atoms with Gasteiger partial charge in [-0.25, -0.2) is 0 Å². The van der Waals surface area contributed by atoms with Crippen molar-refractivity contribution in [1.82, 2.24) is 0 Å². The monoisotopic (exact) mass is 432 g/mol. The van der Waals surface area contributed by atoms with Gasteiger partial charge in [-0.2, -0.15) is 0 Å². The van der Waals surface area contributed by atoms with Gasteiger partial charge in [0.2, 0.25) is 0 Å². The molecule has 0 aliphatic rings. The Morgan fingerprint density at radius 2 is 0.958 bits per heavy atom. The number of carboxylic acid groups (broad SMARTS) is 3. The van der Waals surface area contributed by atoms with E-state index in [0.717, 1.165) is 0 Å². The summed E-state index contributed by atoms with van der Waals surface area (Å²) >= 11 is 0. The van der Waals surface area contributed by atoms with Crippen molar-refractivity contribution in [3.63, 3.8) is 0 Å². The number of carboxylic acids is 3. The molecule has 1 N–H and O–H groups in total. The molecule has 0 bridgehead atoms. The first kappa shape index (κ1) is 46.0. The first-order chi connectivity index (χ1) is 8.42. The van der Waals surface area contributed by atoms with E-state index in [9.17, 15) is 29.7 Å². The van der Waals surface area contributed by atoms with Gasteiger partial charge in [-0.15, -0.1) is 0 Å². The van der Waals surface area contributed by atoms with Crippen LogP contribution in [0.2, 0.25) is 0 Å². The largest absolute Gasteiger partial charge is 1.00 e. The molecular weight excluding hydrogens is 427 g/mol. The maximum Gasteiger partial charge on any atom is 1.00 e. The maximum absolute atomic E-state index is 10.1. The van der Waals surface area contributed by atoms with Crippen LogP contribution in [0, 0.1) is 0 Å². The average molecular weight is 432 g/mol. The molecule has 2 atom stereocenters. The number of carbonyl (C=O) groups is 3. The zero-order valence-corrected chi connectivity index (χ0v) is 25.4. The summed E-state index contributed by atoms with van der Waals surface area (Å²) in [7, 11) is -5.90. The summed E-state index contributed by atoms with van der Waals surface area (Å²) in [5.41, 5.74) is -2.97. The zero-order chi connectivity index (χ0) is 15.8. The van der Waals surface area contributed by atoms with Crippen LogP contribution in [-0.4, -0.2) is 46.1 Å². The second-order valence-electron chi connectivity index (χ2n) is 2.82. The Balaban J connectivity index is -0.0000000465. The van der Waals surface area contributed by atoms with Crippen LogP contribution in [0.4, 0.5) is 0 Å². The molecule has 0 aromatic heterocycles. The Hall–Kier alpha value is 3.59. The minimum absolute atomic E-state index is 0. The quantitative estimate of drug-likeness (QED) is 0.236. The summed E-state index contributed by atoms with van der Waals surface area (Å²) in [6.45, 7) is 0. The Morgan fingerprint density at radius 1 is 0.750 bits per heavy atom. The Labute approximate surface area is 251 Å². The topological polar surface area (TPSA) is 221 Å². The minimum atomic E-state index is -2.97. The molecule has 18 heteroatoms. The van der Waals surface area contributed by atoms with Crippen molar-refractivity contribution >= 4 is 38.1 Å². The summed E-state index contributed by atoms with van der Waals surface area (Å²) in [4.78, 5) is 30.0. The van der Waals surface area contributed by atoms with Crippen LogP contribution in [0.15, 0.2) is 0 Å². The van der Waals surface area contributed by atoms with E-state index >= 15 is 0 Å². The molecule has 0 aliphatic carbocycles. The molecule has 0 radical (unpaired) electrons. The van der Waals surface area contributed by atoms with Crippen molar-refractivity contribution < 1.29 is 200 Å². The summed E-state index contributed by atoms with van der Waals surface area (Å²) in [6, 6.07) is 0. The number of hydrogen-bond acceptors (Lipinski definition) is 11. The molecule has 0 aliphatic heterocycles. The molecule has 0 rings (SSSR count). The maximum atomic E-state index is 10.1. The fraction of sp³-hybridized carbons (Fsp3) is 0.500. The van der Waals surface area contributed by atoms with E-state index in [4.69, 9.17) is 22.6 Å². The van der Waals surface area contributed by atoms with E-state index in [-0.39, 0.29) is 148 Å². The molecule has 11 nitrogen and oxygen atoms in total. The van der Waals surface area contributed by atoms with Gasteiger partial charge in [0.1, 0.15) is 5.60 Å². The second-order valence-corrected chi connectivity index (χ2v) is 5.27. The number of aliphatic carboxylic acids is 3. The summed E-state index contributed by atoms with van der Waals surface area (Å²) < 4.78 is 36.3. The van der Waals surface area contributed by atoms with Gasteiger partial charge in [-0.3, -0.25) is 8.42 Å². The van der Waals surface area contributed by atoms with Gasteiger partial charge in [-0.05, 0) is 0 Å². The van der Waals surface area contributed by atoms with Crippen LogP contribution in [0.25, 0.3) is 0 Å². The van der Waals surface area contributed by atoms with E-state index in [0.29, 0.717) is 0 Å². The van der Waals surface area contributed by atoms with Gasteiger partial charge in [0.05, 0.1) is 5.97 Å². The molecule has 0 spiro atoms. The first-order valence-electron chi connectivity index (χ1n) is 3.95. The number of rotatable bonds is 6. The van der Waals surface area contributed by atoms with Crippen molar-refractivity contribution in [2.75, 3.05) is 0 Å². The third-order valence-electron chi connectivity index (χ3n) is 1.36. The fourth-order valence-electron chi connectivity index (χ4n) is 0.684. The van der Waals surface area contributed by atoms with Crippen LogP contribution >= 0.6 is 0 Å². The molecular formula is C6H5Na5O11S2. The van der Waals surface area contributed by atoms with E-state index in [1.54, 1.807) is 0 Å². The van der Waals surface area contributed by atoms with Gasteiger partial charge in [0.25, 0.3) is 0 Å². The van der Waals surface area contributed by atoms with Gasteiger partial charge in [0.15, 0.2) is 0 Å². The van der Waals surface area contributed by atoms with Gasteiger partial charge in [0, 0.05) is 45.0 Å². The molecule has 24 heavy (non-hydrogen) atoms. The Morgan fingerprint density at radius 3 is 1.04 bits per heavy atom. The normalized spacial score (nSPS) is 10.8. The van der Waals surface area contributed by atoms with E-state index in [2.05, 4.69) is 0 Å². The predicted octanol–water partition coefficient (Wildman–Crippen LogP) is -21.6. The number of carbonyl (C=O) groups excluding carboxylic acids is 3. The summed E-state index contributed by atoms with van der Waals surface area (Å²) in [6.07, 6.45) is -2.72. The molecule has 112 valence electrons. The van der Waals surface area contributed by atoms with Crippen molar-refractivity contribution in [1.29, 1.82) is 0 Å². The molecule has 0 saturated carbocycles. The van der Waals surface area contributed by atoms with Crippen molar-refractivity contribution in [3.05, 3.63) is 0 Å². The molecule has 0 aromatic carbocycles. The minimum Gasteiger partial charge on any atom is -0.763 e. The smallest absolute Gasteiger partial charge is 0.763 e. The second kappa shape index (κ2) is 24.6. The number of hydrogen-bond donors (Lipinski definition) is 1. The van der Waals surface area contributed by atoms with Crippen molar-refractivity contribution in [2.24, 2.45) is 0 Å². The zero-order valence-electron chi connectivity index (χ0n) is 13.8. The third kappa shape index (κ3) is 27.8. The van der Waals surface area contributed by atoms with Crippen molar-refractivity contribution in [2.45, 2.75) is 18.4 Å². The van der Waals surface area contributed by atoms with Crippen LogP contribution in [0.5, 0.6) is 0 Å². The van der Waals surface area contributed by atoms with Crippen LogP contribution in [0.1, 0.15) is 12.8 Å². The molecule has 0 saturated heterocycles. The summed E-state index contributed by atoms with van der Waals surface area (Å²) in [5, 5.41) is 38.9. The Kier molecular flexibility index (Phi) is 47.2. The SMILES string of the molecule is O=C([O-])CC(O)(CC(=O)[O-])C(=O)[O-].O=S([O-])S(=O)[O-].[Na+].[Na+].[Na+].[Na+].[Na+]. The van der Waals surface area contributed by atoms with Gasteiger partial charge >= 0.3 is 148 Å². The van der Waals surface area contributed by atoms with Crippen LogP contribution in [-0.2, 0) is 34.6 Å². The Bertz CT molecular complexity index is 392. The predicted molar refractivity (Wildman–Crippen MR) is 47.0 cm³/mol. The van der Waals surface area contributed by atoms with E-state index in [1.165, 1.54) is 0 Å². The van der Waals surface area contributed by atoms with Gasteiger partial charge < -0.3 is 43.9 Å². The molecule has 0 amide bonds.